The first-order chi connectivity index (χ1) is 6.63. The lowest BCUT2D eigenvalue weighted by molar-refractivity contribution is 0.299. The highest BCUT2D eigenvalue weighted by molar-refractivity contribution is 4.84. The third kappa shape index (κ3) is 4.43. The largest absolute Gasteiger partial charge is 0.330 e. The molecule has 0 spiro atoms. The van der Waals surface area contributed by atoms with Gasteiger partial charge in [-0.05, 0) is 57.2 Å². The Morgan fingerprint density at radius 1 is 1.50 bits per heavy atom. The van der Waals surface area contributed by atoms with Crippen molar-refractivity contribution < 1.29 is 0 Å². The van der Waals surface area contributed by atoms with E-state index >= 15 is 0 Å². The van der Waals surface area contributed by atoms with Gasteiger partial charge in [-0.3, -0.25) is 0 Å². The van der Waals surface area contributed by atoms with Crippen molar-refractivity contribution in [1.29, 1.82) is 0 Å². The van der Waals surface area contributed by atoms with Gasteiger partial charge in [0, 0.05) is 6.54 Å². The van der Waals surface area contributed by atoms with Gasteiger partial charge in [-0.25, -0.2) is 0 Å². The quantitative estimate of drug-likeness (QED) is 0.677. The highest BCUT2D eigenvalue weighted by Crippen LogP contribution is 2.37. The molecule has 0 aromatic heterocycles. The van der Waals surface area contributed by atoms with E-state index in [0.717, 1.165) is 18.4 Å². The molecule has 1 aliphatic carbocycles. The molecule has 1 rings (SSSR count). The van der Waals surface area contributed by atoms with E-state index in [9.17, 15) is 0 Å². The molecular formula is C12H26N2. The Labute approximate surface area is 88.8 Å². The summed E-state index contributed by atoms with van der Waals surface area (Å²) in [7, 11) is 2.25. The first-order valence-corrected chi connectivity index (χ1v) is 6.02. The van der Waals surface area contributed by atoms with E-state index in [1.165, 1.54) is 32.4 Å². The summed E-state index contributed by atoms with van der Waals surface area (Å²) in [6.07, 6.45) is 4.03. The minimum Gasteiger partial charge on any atom is -0.330 e. The van der Waals surface area contributed by atoms with Crippen LogP contribution >= 0.6 is 0 Å². The molecule has 0 aromatic rings. The van der Waals surface area contributed by atoms with Crippen LogP contribution in [-0.2, 0) is 0 Å². The van der Waals surface area contributed by atoms with Crippen LogP contribution in [0.5, 0.6) is 0 Å². The van der Waals surface area contributed by atoms with Gasteiger partial charge in [0.1, 0.15) is 0 Å². The zero-order valence-corrected chi connectivity index (χ0v) is 10.00. The van der Waals surface area contributed by atoms with Gasteiger partial charge in [-0.15, -0.1) is 0 Å². The SMILES string of the molecule is CC(CN)CCCN(C)CC1CC1C. The van der Waals surface area contributed by atoms with Gasteiger partial charge in [-0.2, -0.15) is 0 Å². The summed E-state index contributed by atoms with van der Waals surface area (Å²) in [6.45, 7) is 7.98. The minimum atomic E-state index is 0.697. The van der Waals surface area contributed by atoms with Gasteiger partial charge in [0.2, 0.25) is 0 Å². The van der Waals surface area contributed by atoms with Gasteiger partial charge in [-0.1, -0.05) is 13.8 Å². The smallest absolute Gasteiger partial charge is 0.000926 e. The van der Waals surface area contributed by atoms with E-state index in [2.05, 4.69) is 25.8 Å². The van der Waals surface area contributed by atoms with Crippen molar-refractivity contribution in [1.82, 2.24) is 4.90 Å². The topological polar surface area (TPSA) is 29.3 Å². The molecule has 3 atom stereocenters. The van der Waals surface area contributed by atoms with E-state index in [0.29, 0.717) is 5.92 Å². The second-order valence-corrected chi connectivity index (χ2v) is 5.22. The Bertz CT molecular complexity index is 158. The number of hydrogen-bond donors (Lipinski definition) is 1. The van der Waals surface area contributed by atoms with Crippen molar-refractivity contribution >= 4 is 0 Å². The van der Waals surface area contributed by atoms with E-state index in [1.807, 2.05) is 0 Å². The Morgan fingerprint density at radius 2 is 2.14 bits per heavy atom. The summed E-state index contributed by atoms with van der Waals surface area (Å²) < 4.78 is 0. The molecule has 0 aromatic carbocycles. The van der Waals surface area contributed by atoms with E-state index in [4.69, 9.17) is 5.73 Å². The van der Waals surface area contributed by atoms with E-state index < -0.39 is 0 Å². The molecule has 84 valence electrons. The summed E-state index contributed by atoms with van der Waals surface area (Å²) in [6, 6.07) is 0. The molecule has 0 saturated heterocycles. The predicted octanol–water partition coefficient (Wildman–Crippen LogP) is 1.95. The van der Waals surface area contributed by atoms with Crippen LogP contribution in [-0.4, -0.2) is 31.6 Å². The van der Waals surface area contributed by atoms with Crippen LogP contribution in [0, 0.1) is 17.8 Å². The monoisotopic (exact) mass is 198 g/mol. The van der Waals surface area contributed by atoms with E-state index in [-0.39, 0.29) is 0 Å². The predicted molar refractivity (Wildman–Crippen MR) is 62.2 cm³/mol. The Kier molecular flexibility index (Phi) is 4.90. The van der Waals surface area contributed by atoms with Gasteiger partial charge in [0.05, 0.1) is 0 Å². The molecule has 1 saturated carbocycles. The summed E-state index contributed by atoms with van der Waals surface area (Å²) in [4.78, 5) is 2.48. The fourth-order valence-corrected chi connectivity index (χ4v) is 1.97. The first-order valence-electron chi connectivity index (χ1n) is 6.02. The van der Waals surface area contributed by atoms with Crippen molar-refractivity contribution in [2.45, 2.75) is 33.1 Å². The zero-order chi connectivity index (χ0) is 10.6. The van der Waals surface area contributed by atoms with Crippen LogP contribution in [0.1, 0.15) is 33.1 Å². The highest BCUT2D eigenvalue weighted by atomic mass is 15.1. The first kappa shape index (κ1) is 12.0. The van der Waals surface area contributed by atoms with Gasteiger partial charge in [0.15, 0.2) is 0 Å². The minimum absolute atomic E-state index is 0.697. The lowest BCUT2D eigenvalue weighted by atomic mass is 10.1. The van der Waals surface area contributed by atoms with Crippen LogP contribution in [0.4, 0.5) is 0 Å². The summed E-state index contributed by atoms with van der Waals surface area (Å²) in [5.74, 6) is 2.68. The number of hydrogen-bond acceptors (Lipinski definition) is 2. The molecule has 0 radical (unpaired) electrons. The maximum absolute atomic E-state index is 5.58. The third-order valence-corrected chi connectivity index (χ3v) is 3.46. The Balaban J connectivity index is 1.95. The molecule has 2 N–H and O–H groups in total. The van der Waals surface area contributed by atoms with Crippen molar-refractivity contribution in [2.24, 2.45) is 23.5 Å². The molecule has 0 heterocycles. The van der Waals surface area contributed by atoms with Crippen LogP contribution in [0.15, 0.2) is 0 Å². The highest BCUT2D eigenvalue weighted by Gasteiger charge is 2.32. The van der Waals surface area contributed by atoms with E-state index in [1.54, 1.807) is 0 Å². The molecule has 0 aliphatic heterocycles. The molecule has 2 nitrogen and oxygen atoms in total. The number of nitrogens with two attached hydrogens (primary N) is 1. The van der Waals surface area contributed by atoms with Gasteiger partial charge >= 0.3 is 0 Å². The molecule has 14 heavy (non-hydrogen) atoms. The molecule has 1 aliphatic rings. The lowest BCUT2D eigenvalue weighted by Crippen LogP contribution is -2.23. The molecule has 0 bridgehead atoms. The molecule has 1 fully saturated rings. The lowest BCUT2D eigenvalue weighted by Gasteiger charge is -2.17. The maximum atomic E-state index is 5.58. The second-order valence-electron chi connectivity index (χ2n) is 5.22. The second kappa shape index (κ2) is 5.72. The molecular weight excluding hydrogens is 172 g/mol. The van der Waals surface area contributed by atoms with Gasteiger partial charge < -0.3 is 10.6 Å². The Morgan fingerprint density at radius 3 is 2.64 bits per heavy atom. The van der Waals surface area contributed by atoms with Crippen LogP contribution in [0.3, 0.4) is 0 Å². The summed E-state index contributed by atoms with van der Waals surface area (Å²) in [5, 5.41) is 0. The third-order valence-electron chi connectivity index (χ3n) is 3.46. The summed E-state index contributed by atoms with van der Waals surface area (Å²) in [5.41, 5.74) is 5.58. The number of nitrogens with zero attached hydrogens (tertiary/aromatic N) is 1. The zero-order valence-electron chi connectivity index (χ0n) is 10.00. The molecule has 3 unspecified atom stereocenters. The maximum Gasteiger partial charge on any atom is 0.000926 e. The van der Waals surface area contributed by atoms with Crippen LogP contribution in [0.2, 0.25) is 0 Å². The normalized spacial score (nSPS) is 28.1. The summed E-state index contributed by atoms with van der Waals surface area (Å²) >= 11 is 0. The van der Waals surface area contributed by atoms with Crippen molar-refractivity contribution in [2.75, 3.05) is 26.7 Å². The average molecular weight is 198 g/mol. The standard InChI is InChI=1S/C12H26N2/c1-10(8-13)5-4-6-14(3)9-12-7-11(12)2/h10-12H,4-9,13H2,1-3H3. The number of rotatable bonds is 7. The fourth-order valence-electron chi connectivity index (χ4n) is 1.97. The Hall–Kier alpha value is -0.0800. The van der Waals surface area contributed by atoms with Crippen molar-refractivity contribution in [3.8, 4) is 0 Å². The van der Waals surface area contributed by atoms with Gasteiger partial charge in [0.25, 0.3) is 0 Å². The van der Waals surface area contributed by atoms with Crippen molar-refractivity contribution in [3.05, 3.63) is 0 Å². The fraction of sp³-hybridized carbons (Fsp3) is 1.00. The molecule has 2 heteroatoms. The van der Waals surface area contributed by atoms with Crippen LogP contribution < -0.4 is 5.73 Å². The van der Waals surface area contributed by atoms with Crippen LogP contribution in [0.25, 0.3) is 0 Å². The van der Waals surface area contributed by atoms with Crippen molar-refractivity contribution in [3.63, 3.8) is 0 Å². The average Bonchev–Trinajstić information content (AvgIpc) is 2.81. The molecule has 0 amide bonds.